The monoisotopic (exact) mass is 526 g/mol. The predicted molar refractivity (Wildman–Crippen MR) is 148 cm³/mol. The number of nitrogens with zero attached hydrogens (tertiary/aromatic N) is 1. The molecule has 0 aliphatic rings. The van der Waals surface area contributed by atoms with Gasteiger partial charge in [-0.25, -0.2) is 4.79 Å². The van der Waals surface area contributed by atoms with Crippen LogP contribution in [0.1, 0.15) is 61.5 Å². The minimum atomic E-state index is -0.617. The van der Waals surface area contributed by atoms with E-state index in [9.17, 15) is 10.1 Å². The molecule has 8 nitrogen and oxygen atoms in total. The number of rotatable bonds is 16. The van der Waals surface area contributed by atoms with Crippen molar-refractivity contribution in [3.05, 3.63) is 47.0 Å². The first-order valence-electron chi connectivity index (χ1n) is 13.1. The van der Waals surface area contributed by atoms with Crippen LogP contribution in [0.3, 0.4) is 0 Å². The second kappa shape index (κ2) is 15.1. The number of hydrogen-bond donors (Lipinski definition) is 1. The first kappa shape index (κ1) is 30.8. The predicted octanol–water partition coefficient (Wildman–Crippen LogP) is 5.32. The van der Waals surface area contributed by atoms with E-state index in [1.54, 1.807) is 41.4 Å². The molecule has 1 N–H and O–H groups in total. The van der Waals surface area contributed by atoms with E-state index in [1.165, 1.54) is 0 Å². The van der Waals surface area contributed by atoms with Gasteiger partial charge in [0.2, 0.25) is 0 Å². The van der Waals surface area contributed by atoms with Gasteiger partial charge in [0.1, 0.15) is 0 Å². The molecule has 0 saturated heterocycles. The lowest BCUT2D eigenvalue weighted by atomic mass is 9.69. The molecule has 208 valence electrons. The average molecular weight is 527 g/mol. The zero-order chi connectivity index (χ0) is 28.1. The summed E-state index contributed by atoms with van der Waals surface area (Å²) in [5.74, 6) is 2.10. The smallest absolute Gasteiger partial charge is 0.338 e. The highest BCUT2D eigenvalue weighted by molar-refractivity contribution is 5.92. The van der Waals surface area contributed by atoms with Gasteiger partial charge in [-0.15, -0.1) is 0 Å². The first-order chi connectivity index (χ1) is 18.3. The second-order valence-corrected chi connectivity index (χ2v) is 9.35. The van der Waals surface area contributed by atoms with E-state index in [0.29, 0.717) is 48.1 Å². The minimum absolute atomic E-state index is 0.130. The molecule has 1 atom stereocenters. The van der Waals surface area contributed by atoms with Gasteiger partial charge in [-0.1, -0.05) is 26.3 Å². The molecule has 0 saturated carbocycles. The molecule has 0 aliphatic carbocycles. The summed E-state index contributed by atoms with van der Waals surface area (Å²) in [7, 11) is 6.32. The number of unbranched alkanes of at least 4 members (excludes halogenated alkanes) is 1. The number of esters is 1. The van der Waals surface area contributed by atoms with Crippen LogP contribution in [0.4, 0.5) is 0 Å². The number of ether oxygens (including phenoxy) is 5. The third-order valence-electron chi connectivity index (χ3n) is 6.93. The lowest BCUT2D eigenvalue weighted by molar-refractivity contribution is 0.0524. The third-order valence-corrected chi connectivity index (χ3v) is 6.93. The molecule has 2 aromatic carbocycles. The highest BCUT2D eigenvalue weighted by Gasteiger charge is 2.36. The lowest BCUT2D eigenvalue weighted by Crippen LogP contribution is -2.31. The molecule has 2 aromatic rings. The van der Waals surface area contributed by atoms with Crippen molar-refractivity contribution in [1.29, 1.82) is 5.26 Å². The van der Waals surface area contributed by atoms with Gasteiger partial charge in [0.05, 0.1) is 52.1 Å². The van der Waals surface area contributed by atoms with E-state index in [2.05, 4.69) is 25.2 Å². The molecule has 2 rings (SSSR count). The van der Waals surface area contributed by atoms with Gasteiger partial charge in [0.15, 0.2) is 23.0 Å². The van der Waals surface area contributed by atoms with Gasteiger partial charge in [0.25, 0.3) is 0 Å². The number of nitrogens with one attached hydrogen (secondary N) is 1. The second-order valence-electron chi connectivity index (χ2n) is 9.35. The summed E-state index contributed by atoms with van der Waals surface area (Å²) in [6.07, 6.45) is 3.17. The van der Waals surface area contributed by atoms with Crippen LogP contribution in [0.2, 0.25) is 0 Å². The Hall–Kier alpha value is -3.44. The highest BCUT2D eigenvalue weighted by Crippen LogP contribution is 2.40. The Kier molecular flexibility index (Phi) is 12.2. The fourth-order valence-electron chi connectivity index (χ4n) is 4.66. The Morgan fingerprint density at radius 3 is 2.13 bits per heavy atom. The average Bonchev–Trinajstić information content (AvgIpc) is 2.93. The zero-order valence-electron chi connectivity index (χ0n) is 23.8. The minimum Gasteiger partial charge on any atom is -0.493 e. The van der Waals surface area contributed by atoms with Gasteiger partial charge in [-0.05, 0) is 80.6 Å². The molecule has 0 spiro atoms. The molecule has 0 aromatic heterocycles. The van der Waals surface area contributed by atoms with Crippen molar-refractivity contribution >= 4 is 5.97 Å². The van der Waals surface area contributed by atoms with Crippen molar-refractivity contribution in [3.63, 3.8) is 0 Å². The van der Waals surface area contributed by atoms with Gasteiger partial charge in [0, 0.05) is 0 Å². The standard InChI is InChI=1S/C30H42N2O6/c1-8-38-29(33)24-19-28(37-7)26(35-5)17-22(24)13-16-32-15-10-9-14-30(20-31,21(2)3)23-11-12-25(34-4)27(18-23)36-6/h11-12,17-19,21,32H,8-10,13-16H2,1-7H3. The number of hydrogen-bond acceptors (Lipinski definition) is 8. The van der Waals surface area contributed by atoms with Gasteiger partial charge in [-0.2, -0.15) is 5.26 Å². The summed E-state index contributed by atoms with van der Waals surface area (Å²) in [4.78, 5) is 12.5. The number of benzene rings is 2. The van der Waals surface area contributed by atoms with Crippen LogP contribution < -0.4 is 24.3 Å². The lowest BCUT2D eigenvalue weighted by Gasteiger charge is -2.32. The summed E-state index contributed by atoms with van der Waals surface area (Å²) in [5.41, 5.74) is 1.65. The van der Waals surface area contributed by atoms with Gasteiger partial charge in [-0.3, -0.25) is 0 Å². The first-order valence-corrected chi connectivity index (χ1v) is 13.1. The summed E-state index contributed by atoms with van der Waals surface area (Å²) in [5, 5.41) is 13.7. The van der Waals surface area contributed by atoms with E-state index in [-0.39, 0.29) is 11.9 Å². The molecule has 0 bridgehead atoms. The van der Waals surface area contributed by atoms with E-state index >= 15 is 0 Å². The van der Waals surface area contributed by atoms with Crippen molar-refractivity contribution in [2.24, 2.45) is 5.92 Å². The van der Waals surface area contributed by atoms with Crippen molar-refractivity contribution in [2.75, 3.05) is 48.1 Å². The Bertz CT molecular complexity index is 1090. The number of methoxy groups -OCH3 is 4. The highest BCUT2D eigenvalue weighted by atomic mass is 16.5. The molecule has 0 heterocycles. The van der Waals surface area contributed by atoms with Crippen LogP contribution >= 0.6 is 0 Å². The Balaban J connectivity index is 1.99. The van der Waals surface area contributed by atoms with Crippen molar-refractivity contribution in [3.8, 4) is 29.1 Å². The fourth-order valence-corrected chi connectivity index (χ4v) is 4.66. The fraction of sp³-hybridized carbons (Fsp3) is 0.533. The normalized spacial score (nSPS) is 12.4. The van der Waals surface area contributed by atoms with Crippen LogP contribution in [0.25, 0.3) is 0 Å². The van der Waals surface area contributed by atoms with Crippen LogP contribution in [-0.4, -0.2) is 54.1 Å². The van der Waals surface area contributed by atoms with Crippen LogP contribution in [0.5, 0.6) is 23.0 Å². The van der Waals surface area contributed by atoms with E-state index in [1.807, 2.05) is 24.3 Å². The van der Waals surface area contributed by atoms with Gasteiger partial charge >= 0.3 is 5.97 Å². The Labute approximate surface area is 227 Å². The van der Waals surface area contributed by atoms with Crippen LogP contribution in [0, 0.1) is 17.2 Å². The third kappa shape index (κ3) is 7.32. The van der Waals surface area contributed by atoms with Crippen molar-refractivity contribution in [2.45, 2.75) is 51.9 Å². The van der Waals surface area contributed by atoms with Gasteiger partial charge < -0.3 is 29.0 Å². The quantitative estimate of drug-likeness (QED) is 0.232. The van der Waals surface area contributed by atoms with Crippen LogP contribution in [-0.2, 0) is 16.6 Å². The van der Waals surface area contributed by atoms with E-state index < -0.39 is 5.41 Å². The molecule has 0 radical (unpaired) electrons. The van der Waals surface area contributed by atoms with E-state index in [0.717, 1.165) is 36.9 Å². The maximum absolute atomic E-state index is 12.5. The zero-order valence-corrected chi connectivity index (χ0v) is 23.8. The molecule has 0 fully saturated rings. The van der Waals surface area contributed by atoms with E-state index in [4.69, 9.17) is 23.7 Å². The summed E-state index contributed by atoms with van der Waals surface area (Å²) >= 11 is 0. The largest absolute Gasteiger partial charge is 0.493 e. The number of carbonyl (C=O) groups is 1. The SMILES string of the molecule is CCOC(=O)c1cc(OC)c(OC)cc1CCNCCCCC(C#N)(c1ccc(OC)c(OC)c1)C(C)C. The molecule has 8 heteroatoms. The summed E-state index contributed by atoms with van der Waals surface area (Å²) < 4.78 is 26.8. The molecule has 1 unspecified atom stereocenters. The molecule has 38 heavy (non-hydrogen) atoms. The summed E-state index contributed by atoms with van der Waals surface area (Å²) in [6, 6.07) is 11.9. The maximum atomic E-state index is 12.5. The molecular formula is C30H42N2O6. The molecule has 0 amide bonds. The maximum Gasteiger partial charge on any atom is 0.338 e. The van der Waals surface area contributed by atoms with Crippen molar-refractivity contribution < 1.29 is 28.5 Å². The van der Waals surface area contributed by atoms with Crippen molar-refractivity contribution in [1.82, 2.24) is 5.32 Å². The Morgan fingerprint density at radius 2 is 1.55 bits per heavy atom. The van der Waals surface area contributed by atoms with Crippen LogP contribution in [0.15, 0.2) is 30.3 Å². The number of nitriles is 1. The molecule has 0 aliphatic heterocycles. The molecular weight excluding hydrogens is 484 g/mol. The summed E-state index contributed by atoms with van der Waals surface area (Å²) in [6.45, 7) is 7.74. The topological polar surface area (TPSA) is 99.0 Å². The number of carbonyl (C=O) groups excluding carboxylic acids is 1. The Morgan fingerprint density at radius 1 is 0.921 bits per heavy atom.